The van der Waals surface area contributed by atoms with Gasteiger partial charge in [-0.15, -0.1) is 11.8 Å². The van der Waals surface area contributed by atoms with Crippen LogP contribution >= 0.6 is 11.8 Å². The molecule has 2 unspecified atom stereocenters. The smallest absolute Gasteiger partial charge is 0.243 e. The van der Waals surface area contributed by atoms with Crippen LogP contribution in [0.2, 0.25) is 0 Å². The number of nitrogens with one attached hydrogen (secondary N) is 1. The maximum absolute atomic E-state index is 13.2. The minimum Gasteiger partial charge on any atom is -0.493 e. The summed E-state index contributed by atoms with van der Waals surface area (Å²) in [5, 5.41) is 2.69. The molecule has 9 heteroatoms. The van der Waals surface area contributed by atoms with Crippen molar-refractivity contribution in [2.45, 2.75) is 31.8 Å². The molecule has 8 nitrogen and oxygen atoms in total. The molecule has 0 bridgehead atoms. The van der Waals surface area contributed by atoms with Crippen molar-refractivity contribution >= 4 is 23.6 Å². The zero-order valence-electron chi connectivity index (χ0n) is 19.1. The third kappa shape index (κ3) is 4.68. The first-order valence-electron chi connectivity index (χ1n) is 10.7. The van der Waals surface area contributed by atoms with Crippen molar-refractivity contribution in [3.05, 3.63) is 47.5 Å². The fraction of sp³-hybridized carbons (Fsp3) is 0.417. The Balaban J connectivity index is 1.52. The Hall–Kier alpha value is -3.07. The summed E-state index contributed by atoms with van der Waals surface area (Å²) in [6.07, 6.45) is 0. The number of hydrogen-bond acceptors (Lipinski definition) is 7. The van der Waals surface area contributed by atoms with Crippen molar-refractivity contribution < 1.29 is 28.5 Å². The minimum absolute atomic E-state index is 0.0667. The second-order valence-corrected chi connectivity index (χ2v) is 9.23. The van der Waals surface area contributed by atoms with E-state index in [1.807, 2.05) is 50.2 Å². The van der Waals surface area contributed by atoms with Crippen molar-refractivity contribution in [2.75, 3.05) is 26.8 Å². The number of benzene rings is 2. The van der Waals surface area contributed by atoms with Crippen molar-refractivity contribution in [2.24, 2.45) is 5.92 Å². The molecule has 4 rings (SSSR count). The average Bonchev–Trinajstić information content (AvgIpc) is 3.48. The second kappa shape index (κ2) is 9.82. The van der Waals surface area contributed by atoms with E-state index in [2.05, 4.69) is 5.32 Å². The van der Waals surface area contributed by atoms with Gasteiger partial charge in [-0.3, -0.25) is 9.59 Å². The maximum Gasteiger partial charge on any atom is 0.243 e. The summed E-state index contributed by atoms with van der Waals surface area (Å²) in [5.74, 6) is 2.58. The largest absolute Gasteiger partial charge is 0.493 e. The number of methoxy groups -OCH3 is 2. The van der Waals surface area contributed by atoms with Gasteiger partial charge in [-0.1, -0.05) is 26.0 Å². The van der Waals surface area contributed by atoms with E-state index in [0.29, 0.717) is 35.3 Å². The molecule has 0 aromatic heterocycles. The highest BCUT2D eigenvalue weighted by Gasteiger charge is 2.43. The molecule has 2 heterocycles. The van der Waals surface area contributed by atoms with Crippen LogP contribution in [0.25, 0.3) is 0 Å². The lowest BCUT2D eigenvalue weighted by Gasteiger charge is -2.30. The van der Waals surface area contributed by atoms with Crippen LogP contribution in [-0.2, 0) is 16.1 Å². The predicted octanol–water partition coefficient (Wildman–Crippen LogP) is 3.35. The molecule has 1 N–H and O–H groups in total. The molecule has 2 aromatic carbocycles. The fourth-order valence-electron chi connectivity index (χ4n) is 3.90. The van der Waals surface area contributed by atoms with Crippen molar-refractivity contribution in [1.82, 2.24) is 10.2 Å². The first kappa shape index (κ1) is 23.1. The Morgan fingerprint density at radius 3 is 2.58 bits per heavy atom. The Labute approximate surface area is 197 Å². The van der Waals surface area contributed by atoms with Gasteiger partial charge in [0.25, 0.3) is 0 Å². The molecule has 0 spiro atoms. The van der Waals surface area contributed by atoms with E-state index in [1.54, 1.807) is 30.9 Å². The van der Waals surface area contributed by atoms with Gasteiger partial charge in [0.2, 0.25) is 18.6 Å². The molecule has 176 valence electrons. The SMILES string of the molecule is COc1ccc(C2SCC(C(=O)NCc3ccc4c(c3)OCO4)N2C(=O)C(C)C)cc1OC. The zero-order valence-corrected chi connectivity index (χ0v) is 19.9. The summed E-state index contributed by atoms with van der Waals surface area (Å²) in [5.41, 5.74) is 1.79. The lowest BCUT2D eigenvalue weighted by atomic mass is 10.1. The summed E-state index contributed by atoms with van der Waals surface area (Å²) in [7, 11) is 3.16. The third-order valence-electron chi connectivity index (χ3n) is 5.65. The number of ether oxygens (including phenoxy) is 4. The molecule has 0 saturated carbocycles. The van der Waals surface area contributed by atoms with E-state index in [4.69, 9.17) is 18.9 Å². The number of carbonyl (C=O) groups excluding carboxylic acids is 2. The van der Waals surface area contributed by atoms with E-state index in [9.17, 15) is 9.59 Å². The quantitative estimate of drug-likeness (QED) is 0.661. The van der Waals surface area contributed by atoms with Gasteiger partial charge >= 0.3 is 0 Å². The van der Waals surface area contributed by atoms with Crippen LogP contribution in [-0.4, -0.2) is 49.5 Å². The van der Waals surface area contributed by atoms with Crippen LogP contribution in [0.4, 0.5) is 0 Å². The molecule has 0 aliphatic carbocycles. The molecule has 2 aliphatic heterocycles. The van der Waals surface area contributed by atoms with E-state index in [-0.39, 0.29) is 29.9 Å². The Morgan fingerprint density at radius 1 is 1.09 bits per heavy atom. The van der Waals surface area contributed by atoms with Gasteiger partial charge in [0.15, 0.2) is 23.0 Å². The van der Waals surface area contributed by atoms with Crippen molar-refractivity contribution in [1.29, 1.82) is 0 Å². The van der Waals surface area contributed by atoms with Crippen molar-refractivity contribution in [3.63, 3.8) is 0 Å². The van der Waals surface area contributed by atoms with Gasteiger partial charge < -0.3 is 29.2 Å². The summed E-state index contributed by atoms with van der Waals surface area (Å²) in [6, 6.07) is 10.6. The number of hydrogen-bond donors (Lipinski definition) is 1. The number of fused-ring (bicyclic) bond motifs is 1. The van der Waals surface area contributed by atoms with Crippen molar-refractivity contribution in [3.8, 4) is 23.0 Å². The highest BCUT2D eigenvalue weighted by molar-refractivity contribution is 7.99. The average molecular weight is 473 g/mol. The molecule has 0 radical (unpaired) electrons. The lowest BCUT2D eigenvalue weighted by Crippen LogP contribution is -2.49. The second-order valence-electron chi connectivity index (χ2n) is 8.12. The van der Waals surface area contributed by atoms with Crippen LogP contribution in [0.15, 0.2) is 36.4 Å². The molecule has 2 amide bonds. The maximum atomic E-state index is 13.2. The molecule has 2 aliphatic rings. The third-order valence-corrected chi connectivity index (χ3v) is 6.97. The molecule has 2 atom stereocenters. The first-order chi connectivity index (χ1) is 15.9. The number of amides is 2. The molecule has 33 heavy (non-hydrogen) atoms. The number of nitrogens with zero attached hydrogens (tertiary/aromatic N) is 1. The van der Waals surface area contributed by atoms with Crippen LogP contribution in [0.3, 0.4) is 0 Å². The molecular formula is C24H28N2O6S. The monoisotopic (exact) mass is 472 g/mol. The topological polar surface area (TPSA) is 86.3 Å². The standard InChI is InChI=1S/C24H28N2O6S/c1-14(2)23(28)26-17(12-33-24(26)16-6-8-18(29-3)20(10-16)30-4)22(27)25-11-15-5-7-19-21(9-15)32-13-31-19/h5-10,14,17,24H,11-13H2,1-4H3,(H,25,27). The minimum atomic E-state index is -0.572. The summed E-state index contributed by atoms with van der Waals surface area (Å²) in [4.78, 5) is 28.0. The predicted molar refractivity (Wildman–Crippen MR) is 125 cm³/mol. The Kier molecular flexibility index (Phi) is 6.88. The molecular weight excluding hydrogens is 444 g/mol. The zero-order chi connectivity index (χ0) is 23.5. The molecule has 2 aromatic rings. The lowest BCUT2D eigenvalue weighted by molar-refractivity contribution is -0.142. The Bertz CT molecular complexity index is 1040. The molecule has 1 saturated heterocycles. The van der Waals surface area contributed by atoms with E-state index >= 15 is 0 Å². The van der Waals surface area contributed by atoms with Gasteiger partial charge in [0, 0.05) is 18.2 Å². The summed E-state index contributed by atoms with van der Waals surface area (Å²) < 4.78 is 21.5. The van der Waals surface area contributed by atoms with E-state index in [0.717, 1.165) is 11.1 Å². The summed E-state index contributed by atoms with van der Waals surface area (Å²) in [6.45, 7) is 4.23. The highest BCUT2D eigenvalue weighted by atomic mass is 32.2. The number of carbonyl (C=O) groups is 2. The van der Waals surface area contributed by atoms with E-state index in [1.165, 1.54) is 0 Å². The van der Waals surface area contributed by atoms with E-state index < -0.39 is 6.04 Å². The number of thioether (sulfide) groups is 1. The number of rotatable bonds is 7. The first-order valence-corrected chi connectivity index (χ1v) is 11.8. The van der Waals surface area contributed by atoms with Crippen LogP contribution in [0, 0.1) is 5.92 Å². The van der Waals surface area contributed by atoms with Gasteiger partial charge in [-0.25, -0.2) is 0 Å². The van der Waals surface area contributed by atoms with Gasteiger partial charge in [0.1, 0.15) is 11.4 Å². The van der Waals surface area contributed by atoms with Gasteiger partial charge in [0.05, 0.1) is 14.2 Å². The fourth-order valence-corrected chi connectivity index (χ4v) is 5.32. The van der Waals surface area contributed by atoms with Crippen LogP contribution < -0.4 is 24.3 Å². The Morgan fingerprint density at radius 2 is 1.85 bits per heavy atom. The van der Waals surface area contributed by atoms with Gasteiger partial charge in [-0.05, 0) is 35.4 Å². The van der Waals surface area contributed by atoms with Gasteiger partial charge in [-0.2, -0.15) is 0 Å². The van der Waals surface area contributed by atoms with Crippen LogP contribution in [0.5, 0.6) is 23.0 Å². The molecule has 1 fully saturated rings. The normalized spacial score (nSPS) is 19.0. The van der Waals surface area contributed by atoms with Crippen LogP contribution in [0.1, 0.15) is 30.3 Å². The summed E-state index contributed by atoms with van der Waals surface area (Å²) >= 11 is 1.57. The highest BCUT2D eigenvalue weighted by Crippen LogP contribution is 2.44.